The van der Waals surface area contributed by atoms with Gasteiger partial charge in [0.15, 0.2) is 6.23 Å². The van der Waals surface area contributed by atoms with Gasteiger partial charge in [-0.2, -0.15) is 0 Å². The number of carbonyl (C=O) groups excluding carboxylic acids is 1. The number of H-pyrrole nitrogens is 1. The minimum absolute atomic E-state index is 0.295. The third-order valence-corrected chi connectivity index (χ3v) is 5.17. The number of hydrogen-bond acceptors (Lipinski definition) is 7. The fourth-order valence-corrected chi connectivity index (χ4v) is 3.68. The van der Waals surface area contributed by atoms with E-state index in [0.717, 1.165) is 0 Å². The van der Waals surface area contributed by atoms with Gasteiger partial charge < -0.3 is 14.4 Å². The number of ether oxygens (including phenoxy) is 2. The third kappa shape index (κ3) is 5.49. The number of aromatic amines is 1. The van der Waals surface area contributed by atoms with Gasteiger partial charge in [0.05, 0.1) is 13.7 Å². The van der Waals surface area contributed by atoms with Gasteiger partial charge in [-0.3, -0.25) is 23.7 Å². The summed E-state index contributed by atoms with van der Waals surface area (Å²) >= 11 is 0. The van der Waals surface area contributed by atoms with E-state index in [0.29, 0.717) is 5.56 Å². The SMILES string of the molecule is COC(=O)[C@@H](NP(=O)(O)OC[C@@H]1C=C[C@H](n2cc(C)c(=O)[nH]c2=O)O1)C(C)C. The Balaban J connectivity index is 1.97. The van der Waals surface area contributed by atoms with Gasteiger partial charge in [-0.1, -0.05) is 19.9 Å². The van der Waals surface area contributed by atoms with E-state index in [-0.39, 0.29) is 12.5 Å². The summed E-state index contributed by atoms with van der Waals surface area (Å²) in [6, 6.07) is -1.02. The monoisotopic (exact) mass is 417 g/mol. The Morgan fingerprint density at radius 2 is 2.11 bits per heavy atom. The number of nitrogens with zero attached hydrogens (tertiary/aromatic N) is 1. The number of nitrogens with one attached hydrogen (secondary N) is 2. The van der Waals surface area contributed by atoms with Crippen molar-refractivity contribution in [3.8, 4) is 0 Å². The van der Waals surface area contributed by atoms with Crippen LogP contribution >= 0.6 is 7.75 Å². The maximum absolute atomic E-state index is 12.2. The molecule has 2 heterocycles. The lowest BCUT2D eigenvalue weighted by atomic mass is 10.1. The zero-order valence-electron chi connectivity index (χ0n) is 15.9. The summed E-state index contributed by atoms with van der Waals surface area (Å²) < 4.78 is 28.6. The number of hydrogen-bond donors (Lipinski definition) is 3. The first-order valence-electron chi connectivity index (χ1n) is 8.53. The van der Waals surface area contributed by atoms with Crippen LogP contribution in [-0.2, 0) is 23.4 Å². The largest absolute Gasteiger partial charge is 0.468 e. The highest BCUT2D eigenvalue weighted by molar-refractivity contribution is 7.50. The molecule has 1 aliphatic heterocycles. The molecular weight excluding hydrogens is 393 g/mol. The standard InChI is InChI=1S/C16H24N3O8P/c1-9(2)13(15(21)25-4)18-28(23,24)26-8-11-5-6-12(27-11)19-7-10(3)14(20)17-16(19)22/h5-7,9,11-13H,8H2,1-4H3,(H,17,20,22)(H2,18,23,24)/t11-,12+,13-/m0/s1. The average molecular weight is 417 g/mol. The van der Waals surface area contributed by atoms with Gasteiger partial charge in [-0.05, 0) is 18.9 Å². The fraction of sp³-hybridized carbons (Fsp3) is 0.562. The zero-order valence-corrected chi connectivity index (χ0v) is 16.8. The highest BCUT2D eigenvalue weighted by Crippen LogP contribution is 2.39. The molecule has 0 aliphatic carbocycles. The first-order valence-corrected chi connectivity index (χ1v) is 10.1. The molecule has 4 atom stereocenters. The van der Waals surface area contributed by atoms with Gasteiger partial charge in [-0.25, -0.2) is 14.4 Å². The fourth-order valence-electron chi connectivity index (χ4n) is 2.51. The van der Waals surface area contributed by atoms with Gasteiger partial charge in [-0.15, -0.1) is 0 Å². The molecular formula is C16H24N3O8P. The van der Waals surface area contributed by atoms with Crippen LogP contribution in [0.25, 0.3) is 0 Å². The molecule has 0 saturated carbocycles. The smallest absolute Gasteiger partial charge is 0.403 e. The molecule has 3 N–H and O–H groups in total. The van der Waals surface area contributed by atoms with Gasteiger partial charge in [0, 0.05) is 11.8 Å². The summed E-state index contributed by atoms with van der Waals surface area (Å²) in [6.45, 7) is 4.63. The van der Waals surface area contributed by atoms with Gasteiger partial charge in [0.25, 0.3) is 5.56 Å². The summed E-state index contributed by atoms with van der Waals surface area (Å²) in [6.07, 6.45) is 3.00. The van der Waals surface area contributed by atoms with E-state index in [1.165, 1.54) is 17.9 Å². The zero-order chi connectivity index (χ0) is 21.1. The number of esters is 1. The molecule has 156 valence electrons. The Labute approximate surface area is 160 Å². The number of methoxy groups -OCH3 is 1. The topological polar surface area (TPSA) is 149 Å². The third-order valence-electron chi connectivity index (χ3n) is 4.06. The van der Waals surface area contributed by atoms with Crippen molar-refractivity contribution in [3.63, 3.8) is 0 Å². The molecule has 0 spiro atoms. The minimum Gasteiger partial charge on any atom is -0.468 e. The Hall–Kier alpha value is -2.04. The quantitative estimate of drug-likeness (QED) is 0.306. The van der Waals surface area contributed by atoms with Crippen molar-refractivity contribution < 1.29 is 28.3 Å². The number of aryl methyl sites for hydroxylation is 1. The number of aromatic nitrogens is 2. The summed E-state index contributed by atoms with van der Waals surface area (Å²) in [7, 11) is -3.14. The van der Waals surface area contributed by atoms with Crippen molar-refractivity contribution >= 4 is 13.7 Å². The molecule has 0 amide bonds. The van der Waals surface area contributed by atoms with E-state index in [2.05, 4.69) is 14.8 Å². The predicted molar refractivity (Wildman–Crippen MR) is 98.7 cm³/mol. The molecule has 1 aliphatic rings. The van der Waals surface area contributed by atoms with Crippen LogP contribution in [0.5, 0.6) is 0 Å². The molecule has 12 heteroatoms. The summed E-state index contributed by atoms with van der Waals surface area (Å²) in [5.41, 5.74) is -0.789. The van der Waals surface area contributed by atoms with Crippen LogP contribution < -0.4 is 16.3 Å². The lowest BCUT2D eigenvalue weighted by molar-refractivity contribution is -0.143. The van der Waals surface area contributed by atoms with E-state index in [9.17, 15) is 23.8 Å². The molecule has 0 bridgehead atoms. The maximum atomic E-state index is 12.2. The minimum atomic E-state index is -4.32. The van der Waals surface area contributed by atoms with Crippen molar-refractivity contribution in [2.45, 2.75) is 39.1 Å². The highest BCUT2D eigenvalue weighted by atomic mass is 31.2. The van der Waals surface area contributed by atoms with E-state index in [1.54, 1.807) is 32.9 Å². The molecule has 0 radical (unpaired) electrons. The van der Waals surface area contributed by atoms with Crippen LogP contribution in [0, 0.1) is 12.8 Å². The van der Waals surface area contributed by atoms with Crippen molar-refractivity contribution in [3.05, 3.63) is 44.8 Å². The van der Waals surface area contributed by atoms with Crippen LogP contribution in [0.3, 0.4) is 0 Å². The van der Waals surface area contributed by atoms with Crippen LogP contribution in [0.15, 0.2) is 27.9 Å². The molecule has 1 aromatic rings. The summed E-state index contributed by atoms with van der Waals surface area (Å²) in [4.78, 5) is 47.2. The number of carbonyl (C=O) groups is 1. The summed E-state index contributed by atoms with van der Waals surface area (Å²) in [5, 5.41) is 2.27. The molecule has 1 unspecified atom stereocenters. The Morgan fingerprint density at radius 3 is 2.71 bits per heavy atom. The van der Waals surface area contributed by atoms with Gasteiger partial charge >= 0.3 is 19.4 Å². The van der Waals surface area contributed by atoms with Gasteiger partial charge in [0.2, 0.25) is 0 Å². The molecule has 0 fully saturated rings. The van der Waals surface area contributed by atoms with Gasteiger partial charge in [0.1, 0.15) is 12.1 Å². The second-order valence-corrected chi connectivity index (χ2v) is 8.18. The maximum Gasteiger partial charge on any atom is 0.403 e. The first-order chi connectivity index (χ1) is 13.0. The van der Waals surface area contributed by atoms with E-state index < -0.39 is 43.3 Å². The normalized spacial score (nSPS) is 22.2. The van der Waals surface area contributed by atoms with Crippen molar-refractivity contribution in [2.75, 3.05) is 13.7 Å². The van der Waals surface area contributed by atoms with E-state index in [1.807, 2.05) is 0 Å². The lowest BCUT2D eigenvalue weighted by Gasteiger charge is -2.23. The van der Waals surface area contributed by atoms with Crippen molar-refractivity contribution in [1.82, 2.24) is 14.6 Å². The van der Waals surface area contributed by atoms with E-state index in [4.69, 9.17) is 9.26 Å². The Kier molecular flexibility index (Phi) is 7.13. The molecule has 0 aromatic carbocycles. The van der Waals surface area contributed by atoms with E-state index >= 15 is 0 Å². The Morgan fingerprint density at radius 1 is 1.43 bits per heavy atom. The van der Waals surface area contributed by atoms with Crippen molar-refractivity contribution in [2.24, 2.45) is 5.92 Å². The average Bonchev–Trinajstić information content (AvgIpc) is 3.09. The second kappa shape index (κ2) is 8.97. The molecule has 28 heavy (non-hydrogen) atoms. The highest BCUT2D eigenvalue weighted by Gasteiger charge is 2.33. The van der Waals surface area contributed by atoms with Crippen LogP contribution in [-0.4, -0.2) is 46.3 Å². The molecule has 1 aromatic heterocycles. The van der Waals surface area contributed by atoms with Crippen LogP contribution in [0.1, 0.15) is 25.6 Å². The molecule has 0 saturated heterocycles. The molecule has 11 nitrogen and oxygen atoms in total. The van der Waals surface area contributed by atoms with Crippen LogP contribution in [0.2, 0.25) is 0 Å². The second-order valence-electron chi connectivity index (χ2n) is 6.62. The first kappa shape index (κ1) is 22.3. The summed E-state index contributed by atoms with van der Waals surface area (Å²) in [5.74, 6) is -0.989. The number of rotatable bonds is 8. The predicted octanol–water partition coefficient (Wildman–Crippen LogP) is 0.203. The lowest BCUT2D eigenvalue weighted by Crippen LogP contribution is -2.40. The van der Waals surface area contributed by atoms with Crippen molar-refractivity contribution in [1.29, 1.82) is 0 Å². The van der Waals surface area contributed by atoms with Crippen LogP contribution in [0.4, 0.5) is 0 Å². The molecule has 2 rings (SSSR count). The Bertz CT molecular complexity index is 906.